The standard InChI is InChI=1S/C40H53N7O8/c1-41-15-9-17-43-35(48)31-23-19-27(29(21-23)54-39(52)45-25-11-5-3-6-12-25)33(31)37(50)47-38(51)34-28-20-24(32(34)36(49)44-18-10-16-42-2)22-30(28)55-40(53)46-26-13-7-4-8-14-26/h3-8,11-14,23-24,27-34,41-42H,9-10,15-22H2,1-2H3,(H,43,48)(H,44,49)(H,45,52)(H,46,53)(H,47,50,51). The van der Waals surface area contributed by atoms with Gasteiger partial charge in [-0.15, -0.1) is 0 Å². The molecule has 0 heterocycles. The largest absolute Gasteiger partial charge is 0.446 e. The molecule has 4 saturated carbocycles. The van der Waals surface area contributed by atoms with Gasteiger partial charge in [0.05, 0.1) is 23.7 Å². The van der Waals surface area contributed by atoms with E-state index in [1.807, 2.05) is 26.2 Å². The minimum atomic E-state index is -0.947. The number of carbonyl (C=O) groups excluding carboxylic acids is 6. The third-order valence-corrected chi connectivity index (χ3v) is 11.7. The van der Waals surface area contributed by atoms with Gasteiger partial charge in [-0.3, -0.25) is 35.1 Å². The number of rotatable bonds is 16. The van der Waals surface area contributed by atoms with E-state index < -0.39 is 71.7 Å². The van der Waals surface area contributed by atoms with Crippen molar-refractivity contribution < 1.29 is 38.2 Å². The average molecular weight is 760 g/mol. The summed E-state index contributed by atoms with van der Waals surface area (Å²) in [4.78, 5) is 81.8. The van der Waals surface area contributed by atoms with E-state index in [-0.39, 0.29) is 23.7 Å². The normalized spacial score (nSPS) is 28.5. The van der Waals surface area contributed by atoms with Crippen molar-refractivity contribution in [3.8, 4) is 0 Å². The third-order valence-electron chi connectivity index (χ3n) is 11.7. The van der Waals surface area contributed by atoms with Crippen LogP contribution < -0.4 is 37.2 Å². The summed E-state index contributed by atoms with van der Waals surface area (Å²) in [6.07, 6.45) is 0.527. The number of fused-ring (bicyclic) bond motifs is 4. The Labute approximate surface area is 321 Å². The first-order valence-corrected chi connectivity index (χ1v) is 19.4. The number of carbonyl (C=O) groups is 6. The van der Waals surface area contributed by atoms with Crippen molar-refractivity contribution in [3.63, 3.8) is 0 Å². The monoisotopic (exact) mass is 759 g/mol. The predicted molar refractivity (Wildman–Crippen MR) is 203 cm³/mol. The van der Waals surface area contributed by atoms with Gasteiger partial charge in [-0.2, -0.15) is 0 Å². The molecular weight excluding hydrogens is 706 g/mol. The van der Waals surface area contributed by atoms with Gasteiger partial charge in [-0.1, -0.05) is 36.4 Å². The van der Waals surface area contributed by atoms with Gasteiger partial charge in [-0.25, -0.2) is 9.59 Å². The summed E-state index contributed by atoms with van der Waals surface area (Å²) < 4.78 is 11.7. The lowest BCUT2D eigenvalue weighted by molar-refractivity contribution is -0.147. The first kappa shape index (κ1) is 39.7. The molecule has 10 unspecified atom stereocenters. The second-order valence-electron chi connectivity index (χ2n) is 15.1. The fourth-order valence-electron chi connectivity index (χ4n) is 9.43. The third kappa shape index (κ3) is 9.45. The molecule has 15 heteroatoms. The highest BCUT2D eigenvalue weighted by molar-refractivity contribution is 6.02. The maximum Gasteiger partial charge on any atom is 0.411 e. The van der Waals surface area contributed by atoms with E-state index in [0.717, 1.165) is 0 Å². The molecule has 296 valence electrons. The van der Waals surface area contributed by atoms with Gasteiger partial charge in [0, 0.05) is 36.3 Å². The summed E-state index contributed by atoms with van der Waals surface area (Å²) >= 11 is 0. The van der Waals surface area contributed by atoms with Crippen LogP contribution in [0.25, 0.3) is 0 Å². The van der Waals surface area contributed by atoms with Crippen molar-refractivity contribution >= 4 is 47.2 Å². The number of para-hydroxylation sites is 2. The fourth-order valence-corrected chi connectivity index (χ4v) is 9.43. The van der Waals surface area contributed by atoms with E-state index in [1.54, 1.807) is 48.5 Å². The smallest absolute Gasteiger partial charge is 0.411 e. The molecular formula is C40H53N7O8. The molecule has 6 amide bonds. The zero-order valence-corrected chi connectivity index (χ0v) is 31.4. The van der Waals surface area contributed by atoms with E-state index in [4.69, 9.17) is 9.47 Å². The number of hydrogen-bond acceptors (Lipinski definition) is 10. The number of imide groups is 1. The molecule has 4 bridgehead atoms. The van der Waals surface area contributed by atoms with Crippen molar-refractivity contribution in [3.05, 3.63) is 60.7 Å². The van der Waals surface area contributed by atoms with Crippen LogP contribution in [0.4, 0.5) is 21.0 Å². The first-order chi connectivity index (χ1) is 26.7. The Morgan fingerprint density at radius 1 is 0.527 bits per heavy atom. The summed E-state index contributed by atoms with van der Waals surface area (Å²) in [5.74, 6) is -6.67. The van der Waals surface area contributed by atoms with Crippen LogP contribution in [0.3, 0.4) is 0 Å². The lowest BCUT2D eigenvalue weighted by Crippen LogP contribution is -2.53. The van der Waals surface area contributed by atoms with Crippen molar-refractivity contribution in [1.82, 2.24) is 26.6 Å². The maximum atomic E-state index is 14.3. The molecule has 4 aliphatic rings. The van der Waals surface area contributed by atoms with E-state index in [2.05, 4.69) is 37.2 Å². The topological polar surface area (TPSA) is 205 Å². The predicted octanol–water partition coefficient (Wildman–Crippen LogP) is 2.86. The molecule has 2 aromatic rings. The Morgan fingerprint density at radius 3 is 1.31 bits per heavy atom. The lowest BCUT2D eigenvalue weighted by Gasteiger charge is -2.36. The number of hydrogen-bond donors (Lipinski definition) is 7. The van der Waals surface area contributed by atoms with Gasteiger partial charge < -0.3 is 30.7 Å². The molecule has 0 saturated heterocycles. The number of ether oxygens (including phenoxy) is 2. The molecule has 0 radical (unpaired) electrons. The van der Waals surface area contributed by atoms with Gasteiger partial charge >= 0.3 is 12.2 Å². The molecule has 6 rings (SSSR count). The van der Waals surface area contributed by atoms with Gasteiger partial charge in [0.1, 0.15) is 12.2 Å². The Kier molecular flexibility index (Phi) is 13.4. The Morgan fingerprint density at radius 2 is 0.927 bits per heavy atom. The van der Waals surface area contributed by atoms with Gasteiger partial charge in [0.2, 0.25) is 23.6 Å². The number of amides is 6. The molecule has 0 spiro atoms. The molecule has 0 aliphatic heterocycles. The molecule has 7 N–H and O–H groups in total. The van der Waals surface area contributed by atoms with Crippen molar-refractivity contribution in [2.75, 3.05) is 50.9 Å². The zero-order chi connectivity index (χ0) is 38.9. The second kappa shape index (κ2) is 18.5. The molecule has 0 aromatic heterocycles. The van der Waals surface area contributed by atoms with E-state index in [9.17, 15) is 28.8 Å². The summed E-state index contributed by atoms with van der Waals surface area (Å²) in [7, 11) is 3.65. The van der Waals surface area contributed by atoms with Crippen molar-refractivity contribution in [1.29, 1.82) is 0 Å². The quantitative estimate of drug-likeness (QED) is 0.0985. The first-order valence-electron chi connectivity index (χ1n) is 19.4. The maximum absolute atomic E-state index is 14.3. The van der Waals surface area contributed by atoms with Gasteiger partial charge in [0.25, 0.3) is 0 Å². The van der Waals surface area contributed by atoms with Crippen LogP contribution in [0.15, 0.2) is 60.7 Å². The highest BCUT2D eigenvalue weighted by atomic mass is 16.6. The van der Waals surface area contributed by atoms with Crippen LogP contribution >= 0.6 is 0 Å². The highest BCUT2D eigenvalue weighted by Gasteiger charge is 2.62. The number of nitrogens with one attached hydrogen (secondary N) is 7. The Hall–Kier alpha value is -5.02. The molecule has 4 aliphatic carbocycles. The summed E-state index contributed by atoms with van der Waals surface area (Å²) in [6.45, 7) is 2.23. The van der Waals surface area contributed by atoms with Crippen LogP contribution in [-0.2, 0) is 28.7 Å². The molecule has 4 fully saturated rings. The summed E-state index contributed by atoms with van der Waals surface area (Å²) in [6, 6.07) is 17.7. The zero-order valence-electron chi connectivity index (χ0n) is 31.4. The van der Waals surface area contributed by atoms with E-state index in [1.165, 1.54) is 0 Å². The van der Waals surface area contributed by atoms with Crippen LogP contribution in [-0.4, -0.2) is 88.3 Å². The van der Waals surface area contributed by atoms with Crippen LogP contribution in [0, 0.1) is 47.3 Å². The minimum Gasteiger partial charge on any atom is -0.446 e. The Balaban J connectivity index is 1.18. The van der Waals surface area contributed by atoms with Gasteiger partial charge in [-0.05, 0) is 102 Å². The van der Waals surface area contributed by atoms with E-state index >= 15 is 0 Å². The van der Waals surface area contributed by atoms with Gasteiger partial charge in [0.15, 0.2) is 0 Å². The summed E-state index contributed by atoms with van der Waals surface area (Å²) in [5.41, 5.74) is 1.11. The lowest BCUT2D eigenvalue weighted by atomic mass is 9.75. The van der Waals surface area contributed by atoms with E-state index in [0.29, 0.717) is 76.1 Å². The minimum absolute atomic E-state index is 0.241. The molecule has 2 aromatic carbocycles. The number of anilines is 2. The molecule has 10 atom stereocenters. The highest BCUT2D eigenvalue weighted by Crippen LogP contribution is 2.55. The number of benzene rings is 2. The fraction of sp³-hybridized carbons (Fsp3) is 0.550. The van der Waals surface area contributed by atoms with Crippen molar-refractivity contribution in [2.45, 2.75) is 50.7 Å². The average Bonchev–Trinajstić information content (AvgIpc) is 3.95. The van der Waals surface area contributed by atoms with Crippen molar-refractivity contribution in [2.24, 2.45) is 47.3 Å². The summed E-state index contributed by atoms with van der Waals surface area (Å²) in [5, 5.41) is 20.1. The molecule has 55 heavy (non-hydrogen) atoms. The SMILES string of the molecule is CNCCCNC(=O)C1C2CC(OC(=O)Nc3ccccc3)C(C2)C1C(=O)NC(=O)C1C2CC(CC2OC(=O)Nc2ccccc2)C1C(=O)NCCCNC. The van der Waals surface area contributed by atoms with Crippen LogP contribution in [0.5, 0.6) is 0 Å². The van der Waals surface area contributed by atoms with Crippen LogP contribution in [0.2, 0.25) is 0 Å². The Bertz CT molecular complexity index is 1560. The van der Waals surface area contributed by atoms with Crippen LogP contribution in [0.1, 0.15) is 38.5 Å². The second-order valence-corrected chi connectivity index (χ2v) is 15.1. The molecule has 15 nitrogen and oxygen atoms in total.